The number of benzene rings is 1. The Hall–Kier alpha value is -1.97. The minimum absolute atomic E-state index is 0.349. The van der Waals surface area contributed by atoms with Gasteiger partial charge in [-0.25, -0.2) is 0 Å². The van der Waals surface area contributed by atoms with E-state index in [1.807, 2.05) is 37.3 Å². The largest absolute Gasteiger partial charge is 0.494 e. The zero-order valence-electron chi connectivity index (χ0n) is 13.8. The molecule has 22 heavy (non-hydrogen) atoms. The summed E-state index contributed by atoms with van der Waals surface area (Å²) in [6.45, 7) is 8.44. The first-order valence-electron chi connectivity index (χ1n) is 7.71. The Bertz CT molecular complexity index is 491. The van der Waals surface area contributed by atoms with E-state index < -0.39 is 11.9 Å². The van der Waals surface area contributed by atoms with E-state index in [1.165, 1.54) is 0 Å². The topological polar surface area (TPSA) is 55.8 Å². The van der Waals surface area contributed by atoms with Crippen molar-refractivity contribution < 1.29 is 19.4 Å². The Kier molecular flexibility index (Phi) is 7.50. The summed E-state index contributed by atoms with van der Waals surface area (Å²) in [5.41, 5.74) is 1.04. The first-order chi connectivity index (χ1) is 10.5. The molecule has 1 rings (SSSR count). The van der Waals surface area contributed by atoms with Gasteiger partial charge in [-0.3, -0.25) is 4.79 Å². The zero-order valence-corrected chi connectivity index (χ0v) is 13.8. The average Bonchev–Trinajstić information content (AvgIpc) is 2.49. The standard InChI is InChI=1S/C18H26O4/c1-5-21-17(14(4)18(19)20)16(11-13(2)3)22-12-15-9-7-6-8-10-15/h6-10,13-14H,5,11-12H2,1-4H3,(H,19,20)/b17-16+. The van der Waals surface area contributed by atoms with Crippen LogP contribution >= 0.6 is 0 Å². The van der Waals surface area contributed by atoms with Crippen LogP contribution < -0.4 is 0 Å². The lowest BCUT2D eigenvalue weighted by Gasteiger charge is -2.20. The third-order valence-corrected chi connectivity index (χ3v) is 3.19. The van der Waals surface area contributed by atoms with Crippen LogP contribution in [-0.2, 0) is 20.9 Å². The van der Waals surface area contributed by atoms with Gasteiger partial charge in [0.05, 0.1) is 6.61 Å². The Morgan fingerprint density at radius 2 is 1.77 bits per heavy atom. The molecule has 4 nitrogen and oxygen atoms in total. The van der Waals surface area contributed by atoms with E-state index in [2.05, 4.69) is 13.8 Å². The fraction of sp³-hybridized carbons (Fsp3) is 0.500. The van der Waals surface area contributed by atoms with Gasteiger partial charge in [0.25, 0.3) is 0 Å². The molecule has 1 atom stereocenters. The second kappa shape index (κ2) is 9.13. The molecule has 0 aliphatic carbocycles. The molecule has 0 saturated heterocycles. The molecule has 0 bridgehead atoms. The zero-order chi connectivity index (χ0) is 16.5. The summed E-state index contributed by atoms with van der Waals surface area (Å²) < 4.78 is 11.5. The van der Waals surface area contributed by atoms with Crippen molar-refractivity contribution in [2.75, 3.05) is 6.61 Å². The molecule has 0 saturated carbocycles. The molecule has 0 aliphatic rings. The number of ether oxygens (including phenoxy) is 2. The molecule has 0 radical (unpaired) electrons. The highest BCUT2D eigenvalue weighted by Gasteiger charge is 2.24. The second-order valence-electron chi connectivity index (χ2n) is 5.65. The van der Waals surface area contributed by atoms with Gasteiger partial charge in [-0.1, -0.05) is 44.2 Å². The van der Waals surface area contributed by atoms with E-state index in [4.69, 9.17) is 9.47 Å². The van der Waals surface area contributed by atoms with E-state index in [1.54, 1.807) is 6.92 Å². The van der Waals surface area contributed by atoms with Crippen LogP contribution in [0.15, 0.2) is 41.9 Å². The van der Waals surface area contributed by atoms with Gasteiger partial charge in [0.15, 0.2) is 0 Å². The first kappa shape index (κ1) is 18.1. The van der Waals surface area contributed by atoms with Crippen LogP contribution in [0.1, 0.15) is 39.7 Å². The third kappa shape index (κ3) is 5.80. The monoisotopic (exact) mass is 306 g/mol. The Morgan fingerprint density at radius 3 is 2.27 bits per heavy atom. The molecule has 0 fully saturated rings. The van der Waals surface area contributed by atoms with Crippen LogP contribution in [-0.4, -0.2) is 17.7 Å². The van der Waals surface area contributed by atoms with Crippen molar-refractivity contribution in [1.82, 2.24) is 0 Å². The number of carboxylic acid groups (broad SMARTS) is 1. The maximum Gasteiger partial charge on any atom is 0.314 e. The van der Waals surface area contributed by atoms with Crippen LogP contribution in [0.25, 0.3) is 0 Å². The Labute approximate surface area is 132 Å². The highest BCUT2D eigenvalue weighted by molar-refractivity contribution is 5.72. The predicted molar refractivity (Wildman–Crippen MR) is 86.1 cm³/mol. The fourth-order valence-corrected chi connectivity index (χ4v) is 2.06. The fourth-order valence-electron chi connectivity index (χ4n) is 2.06. The summed E-state index contributed by atoms with van der Waals surface area (Å²) >= 11 is 0. The Balaban J connectivity index is 3.00. The molecule has 1 N–H and O–H groups in total. The normalized spacial score (nSPS) is 13.5. The number of rotatable bonds is 9. The van der Waals surface area contributed by atoms with Crippen LogP contribution in [0.2, 0.25) is 0 Å². The number of hydrogen-bond acceptors (Lipinski definition) is 3. The van der Waals surface area contributed by atoms with Crippen molar-refractivity contribution in [3.05, 3.63) is 47.4 Å². The van der Waals surface area contributed by atoms with Crippen molar-refractivity contribution in [1.29, 1.82) is 0 Å². The van der Waals surface area contributed by atoms with E-state index in [-0.39, 0.29) is 0 Å². The van der Waals surface area contributed by atoms with Gasteiger partial charge in [0.2, 0.25) is 0 Å². The minimum atomic E-state index is -0.909. The summed E-state index contributed by atoms with van der Waals surface area (Å²) in [6.07, 6.45) is 0.653. The van der Waals surface area contributed by atoms with E-state index >= 15 is 0 Å². The number of carboxylic acids is 1. The molecule has 0 amide bonds. The number of hydrogen-bond donors (Lipinski definition) is 1. The van der Waals surface area contributed by atoms with Gasteiger partial charge in [0, 0.05) is 6.42 Å². The molecular weight excluding hydrogens is 280 g/mol. The molecule has 4 heteroatoms. The number of carbonyl (C=O) groups is 1. The third-order valence-electron chi connectivity index (χ3n) is 3.19. The van der Waals surface area contributed by atoms with Crippen LogP contribution in [0.5, 0.6) is 0 Å². The SMILES string of the molecule is CCO/C(=C(\CC(C)C)OCc1ccccc1)C(C)C(=O)O. The second-order valence-corrected chi connectivity index (χ2v) is 5.65. The quantitative estimate of drug-likeness (QED) is 0.694. The van der Waals surface area contributed by atoms with Crippen LogP contribution in [0.3, 0.4) is 0 Å². The summed E-state index contributed by atoms with van der Waals surface area (Å²) in [7, 11) is 0. The lowest BCUT2D eigenvalue weighted by molar-refractivity contribution is -0.141. The van der Waals surface area contributed by atoms with Crippen LogP contribution in [0, 0.1) is 11.8 Å². The molecule has 0 spiro atoms. The van der Waals surface area contributed by atoms with Crippen molar-refractivity contribution in [2.45, 2.75) is 40.7 Å². The predicted octanol–water partition coefficient (Wildman–Crippen LogP) is 4.22. The maximum atomic E-state index is 11.3. The molecular formula is C18H26O4. The van der Waals surface area contributed by atoms with Crippen LogP contribution in [0.4, 0.5) is 0 Å². The minimum Gasteiger partial charge on any atom is -0.494 e. The molecule has 1 aromatic carbocycles. The lowest BCUT2D eigenvalue weighted by Crippen LogP contribution is -2.18. The average molecular weight is 306 g/mol. The van der Waals surface area contributed by atoms with E-state index in [0.29, 0.717) is 37.1 Å². The molecule has 0 aromatic heterocycles. The summed E-state index contributed by atoms with van der Waals surface area (Å²) in [4.78, 5) is 11.3. The lowest BCUT2D eigenvalue weighted by atomic mass is 10.0. The summed E-state index contributed by atoms with van der Waals surface area (Å²) in [5, 5.41) is 9.28. The highest BCUT2D eigenvalue weighted by atomic mass is 16.5. The maximum absolute atomic E-state index is 11.3. The van der Waals surface area contributed by atoms with Crippen molar-refractivity contribution in [3.63, 3.8) is 0 Å². The van der Waals surface area contributed by atoms with Crippen molar-refractivity contribution in [3.8, 4) is 0 Å². The summed E-state index contributed by atoms with van der Waals surface area (Å²) in [6, 6.07) is 9.82. The number of allylic oxidation sites excluding steroid dienone is 1. The first-order valence-corrected chi connectivity index (χ1v) is 7.71. The van der Waals surface area contributed by atoms with Gasteiger partial charge < -0.3 is 14.6 Å². The van der Waals surface area contributed by atoms with Gasteiger partial charge in [-0.2, -0.15) is 0 Å². The van der Waals surface area contributed by atoms with E-state index in [9.17, 15) is 9.90 Å². The molecule has 0 aliphatic heterocycles. The molecule has 0 heterocycles. The van der Waals surface area contributed by atoms with Gasteiger partial charge >= 0.3 is 5.97 Å². The van der Waals surface area contributed by atoms with Gasteiger partial charge in [-0.05, 0) is 25.3 Å². The van der Waals surface area contributed by atoms with Gasteiger partial charge in [0.1, 0.15) is 24.0 Å². The number of aliphatic carboxylic acids is 1. The van der Waals surface area contributed by atoms with Gasteiger partial charge in [-0.15, -0.1) is 0 Å². The summed E-state index contributed by atoms with van der Waals surface area (Å²) in [5.74, 6) is -0.213. The van der Waals surface area contributed by atoms with Crippen molar-refractivity contribution >= 4 is 5.97 Å². The smallest absolute Gasteiger partial charge is 0.314 e. The molecule has 1 unspecified atom stereocenters. The highest BCUT2D eigenvalue weighted by Crippen LogP contribution is 2.25. The van der Waals surface area contributed by atoms with E-state index in [0.717, 1.165) is 5.56 Å². The molecule has 122 valence electrons. The van der Waals surface area contributed by atoms with Crippen molar-refractivity contribution in [2.24, 2.45) is 11.8 Å². The molecule has 1 aromatic rings. The Morgan fingerprint density at radius 1 is 1.14 bits per heavy atom.